The van der Waals surface area contributed by atoms with Crippen LogP contribution in [0.4, 0.5) is 0 Å². The molecule has 0 saturated heterocycles. The lowest BCUT2D eigenvalue weighted by Crippen LogP contribution is -2.15. The Hall–Kier alpha value is -2.88. The second kappa shape index (κ2) is 5.48. The molecule has 22 heavy (non-hydrogen) atoms. The van der Waals surface area contributed by atoms with E-state index in [0.717, 1.165) is 11.3 Å². The quantitative estimate of drug-likeness (QED) is 0.806. The van der Waals surface area contributed by atoms with Crippen molar-refractivity contribution in [1.29, 1.82) is 0 Å². The van der Waals surface area contributed by atoms with Gasteiger partial charge in [0, 0.05) is 23.1 Å². The van der Waals surface area contributed by atoms with E-state index in [1.165, 1.54) is 12.1 Å². The van der Waals surface area contributed by atoms with Crippen molar-refractivity contribution in [1.82, 2.24) is 4.57 Å². The maximum atomic E-state index is 11.8. The molecular weight excluding hydrogens is 278 g/mol. The lowest BCUT2D eigenvalue weighted by atomic mass is 9.96. The Bertz CT molecular complexity index is 865. The van der Waals surface area contributed by atoms with E-state index in [4.69, 9.17) is 0 Å². The van der Waals surface area contributed by atoms with Gasteiger partial charge in [0.25, 0.3) is 0 Å². The fraction of sp³-hybridized carbons (Fsp3) is 0.111. The largest absolute Gasteiger partial charge is 0.478 e. The summed E-state index contributed by atoms with van der Waals surface area (Å²) in [7, 11) is 0. The third-order valence-corrected chi connectivity index (χ3v) is 3.72. The number of rotatable bonds is 3. The summed E-state index contributed by atoms with van der Waals surface area (Å²) in [5.74, 6) is -1.02. The number of fused-ring (bicyclic) bond motifs is 1. The van der Waals surface area contributed by atoms with E-state index in [0.29, 0.717) is 17.7 Å². The normalized spacial score (nSPS) is 10.8. The number of pyridine rings is 1. The molecule has 1 aromatic carbocycles. The molecule has 0 radical (unpaired) electrons. The number of benzene rings is 2. The van der Waals surface area contributed by atoms with Crippen LogP contribution in [-0.4, -0.2) is 15.6 Å². The molecule has 1 aromatic rings. The third kappa shape index (κ3) is 2.29. The summed E-state index contributed by atoms with van der Waals surface area (Å²) >= 11 is 0. The van der Waals surface area contributed by atoms with E-state index in [-0.39, 0.29) is 11.0 Å². The Morgan fingerprint density at radius 2 is 1.86 bits per heavy atom. The molecular formula is C18H15NO3. The molecule has 0 atom stereocenters. The molecule has 0 fully saturated rings. The number of hydrogen-bond acceptors (Lipinski definition) is 2. The third-order valence-electron chi connectivity index (χ3n) is 3.72. The Morgan fingerprint density at radius 3 is 2.50 bits per heavy atom. The minimum Gasteiger partial charge on any atom is -0.478 e. The van der Waals surface area contributed by atoms with Crippen LogP contribution in [0.25, 0.3) is 16.8 Å². The molecule has 1 aliphatic heterocycles. The van der Waals surface area contributed by atoms with Crippen LogP contribution in [0.5, 0.6) is 0 Å². The first-order chi connectivity index (χ1) is 10.6. The maximum absolute atomic E-state index is 11.8. The standard InChI is InChI=1S/C18H15NO3/c1-2-16-17(18(21)22)15-10-14(20)9-8-12(15)11-19(16)13-6-4-3-5-7-13/h3-11H,2H2,1H3,(H,21,22). The van der Waals surface area contributed by atoms with Crippen LogP contribution in [0.15, 0.2) is 59.5 Å². The van der Waals surface area contributed by atoms with E-state index < -0.39 is 5.97 Å². The van der Waals surface area contributed by atoms with Gasteiger partial charge in [-0.15, -0.1) is 0 Å². The van der Waals surface area contributed by atoms with Crippen molar-refractivity contribution in [2.75, 3.05) is 0 Å². The second-order valence-corrected chi connectivity index (χ2v) is 5.06. The Balaban J connectivity index is 2.44. The molecule has 1 heterocycles. The molecule has 0 bridgehead atoms. The van der Waals surface area contributed by atoms with Gasteiger partial charge >= 0.3 is 5.97 Å². The highest BCUT2D eigenvalue weighted by atomic mass is 16.4. The molecule has 2 aliphatic rings. The van der Waals surface area contributed by atoms with Crippen LogP contribution in [0.1, 0.15) is 23.0 Å². The van der Waals surface area contributed by atoms with Crippen molar-refractivity contribution in [3.05, 3.63) is 76.2 Å². The first kappa shape index (κ1) is 14.1. The summed E-state index contributed by atoms with van der Waals surface area (Å²) in [6, 6.07) is 14.1. The van der Waals surface area contributed by atoms with Crippen LogP contribution in [0.2, 0.25) is 0 Å². The molecule has 0 unspecified atom stereocenters. The highest BCUT2D eigenvalue weighted by molar-refractivity contribution is 5.97. The summed E-state index contributed by atoms with van der Waals surface area (Å²) in [5.41, 5.74) is 2.81. The summed E-state index contributed by atoms with van der Waals surface area (Å²) in [4.78, 5) is 23.4. The number of aromatic nitrogens is 1. The minimum absolute atomic E-state index is 0.186. The van der Waals surface area contributed by atoms with E-state index in [9.17, 15) is 14.7 Å². The summed E-state index contributed by atoms with van der Waals surface area (Å²) < 4.78 is 1.89. The molecule has 4 heteroatoms. The zero-order chi connectivity index (χ0) is 15.7. The molecule has 4 nitrogen and oxygen atoms in total. The van der Waals surface area contributed by atoms with Crippen molar-refractivity contribution in [2.45, 2.75) is 13.3 Å². The van der Waals surface area contributed by atoms with Crippen molar-refractivity contribution in [3.8, 4) is 16.8 Å². The minimum atomic E-state index is -1.02. The second-order valence-electron chi connectivity index (χ2n) is 5.06. The molecule has 1 N–H and O–H groups in total. The SMILES string of the molecule is CCc1c(C(=O)O)c2cc(=O)ccc-2cn1-c1ccccc1. The highest BCUT2D eigenvalue weighted by Crippen LogP contribution is 2.30. The number of hydrogen-bond donors (Lipinski definition) is 1. The fourth-order valence-electron chi connectivity index (χ4n) is 2.76. The van der Waals surface area contributed by atoms with Crippen LogP contribution >= 0.6 is 0 Å². The number of para-hydroxylation sites is 1. The fourth-order valence-corrected chi connectivity index (χ4v) is 2.76. The van der Waals surface area contributed by atoms with E-state index in [1.54, 1.807) is 6.07 Å². The van der Waals surface area contributed by atoms with Gasteiger partial charge < -0.3 is 9.67 Å². The van der Waals surface area contributed by atoms with Crippen LogP contribution < -0.4 is 5.43 Å². The van der Waals surface area contributed by atoms with Gasteiger partial charge in [0.15, 0.2) is 5.43 Å². The molecule has 0 aromatic heterocycles. The van der Waals surface area contributed by atoms with E-state index in [1.807, 2.05) is 48.0 Å². The monoisotopic (exact) mass is 293 g/mol. The van der Waals surface area contributed by atoms with E-state index >= 15 is 0 Å². The van der Waals surface area contributed by atoms with E-state index in [2.05, 4.69) is 0 Å². The van der Waals surface area contributed by atoms with Crippen LogP contribution in [-0.2, 0) is 6.42 Å². The maximum Gasteiger partial charge on any atom is 0.338 e. The Morgan fingerprint density at radius 1 is 1.14 bits per heavy atom. The Labute approximate surface area is 127 Å². The van der Waals surface area contributed by atoms with Gasteiger partial charge in [0.2, 0.25) is 0 Å². The molecule has 1 aliphatic carbocycles. The lowest BCUT2D eigenvalue weighted by Gasteiger charge is -2.20. The molecule has 3 rings (SSSR count). The number of aromatic carboxylic acids is 1. The van der Waals surface area contributed by atoms with Crippen LogP contribution in [0, 0.1) is 0 Å². The summed E-state index contributed by atoms with van der Waals surface area (Å²) in [6.45, 7) is 1.91. The number of carboxylic acids is 1. The van der Waals surface area contributed by atoms with Gasteiger partial charge in [0.1, 0.15) is 0 Å². The smallest absolute Gasteiger partial charge is 0.338 e. The van der Waals surface area contributed by atoms with Crippen molar-refractivity contribution in [2.24, 2.45) is 0 Å². The van der Waals surface area contributed by atoms with Crippen molar-refractivity contribution in [3.63, 3.8) is 0 Å². The first-order valence-electron chi connectivity index (χ1n) is 7.09. The topological polar surface area (TPSA) is 59.3 Å². The van der Waals surface area contributed by atoms with Gasteiger partial charge in [-0.2, -0.15) is 0 Å². The highest BCUT2D eigenvalue weighted by Gasteiger charge is 2.21. The van der Waals surface area contributed by atoms with Gasteiger partial charge in [-0.05, 0) is 42.3 Å². The van der Waals surface area contributed by atoms with Gasteiger partial charge in [0.05, 0.1) is 5.56 Å². The molecule has 0 saturated carbocycles. The van der Waals surface area contributed by atoms with Crippen molar-refractivity contribution >= 4 is 5.97 Å². The first-order valence-corrected chi connectivity index (χ1v) is 7.09. The molecule has 110 valence electrons. The number of carbonyl (C=O) groups is 1. The average molecular weight is 293 g/mol. The Kier molecular flexibility index (Phi) is 3.51. The van der Waals surface area contributed by atoms with Crippen molar-refractivity contribution < 1.29 is 9.90 Å². The summed E-state index contributed by atoms with van der Waals surface area (Å²) in [5, 5.41) is 9.64. The predicted octanol–water partition coefficient (Wildman–Crippen LogP) is 3.20. The summed E-state index contributed by atoms with van der Waals surface area (Å²) in [6.07, 6.45) is 2.44. The molecule has 0 amide bonds. The number of nitrogens with zero attached hydrogens (tertiary/aromatic N) is 1. The van der Waals surface area contributed by atoms with Crippen LogP contribution in [0.3, 0.4) is 0 Å². The molecule has 0 spiro atoms. The zero-order valence-electron chi connectivity index (χ0n) is 12.1. The van der Waals surface area contributed by atoms with Gasteiger partial charge in [-0.1, -0.05) is 25.1 Å². The van der Waals surface area contributed by atoms with Gasteiger partial charge in [-0.25, -0.2) is 4.79 Å². The van der Waals surface area contributed by atoms with Gasteiger partial charge in [-0.3, -0.25) is 4.79 Å². The predicted molar refractivity (Wildman–Crippen MR) is 85.0 cm³/mol. The average Bonchev–Trinajstić information content (AvgIpc) is 2.53. The lowest BCUT2D eigenvalue weighted by molar-refractivity contribution is 0.0695. The zero-order valence-corrected chi connectivity index (χ0v) is 12.1. The number of carboxylic acid groups (broad SMARTS) is 1.